The number of rotatable bonds is 4. The minimum atomic E-state index is -1.09. The fraction of sp³-hybridized carbons (Fsp3) is 0.143. The minimum absolute atomic E-state index is 0.0179. The monoisotopic (exact) mass is 246 g/mol. The molecule has 18 heavy (non-hydrogen) atoms. The molecule has 0 radical (unpaired) electrons. The first kappa shape index (κ1) is 13.7. The van der Waals surface area contributed by atoms with E-state index in [1.54, 1.807) is 38.1 Å². The van der Waals surface area contributed by atoms with Crippen LogP contribution in [0.15, 0.2) is 36.4 Å². The van der Waals surface area contributed by atoms with Gasteiger partial charge in [0.2, 0.25) is 0 Å². The number of hydrogen-bond acceptors (Lipinski definition) is 2. The van der Waals surface area contributed by atoms with Crippen molar-refractivity contribution in [3.63, 3.8) is 0 Å². The van der Waals surface area contributed by atoms with Gasteiger partial charge >= 0.3 is 11.9 Å². The van der Waals surface area contributed by atoms with Crippen LogP contribution in [0.1, 0.15) is 25.0 Å². The second-order valence-corrected chi connectivity index (χ2v) is 4.04. The summed E-state index contributed by atoms with van der Waals surface area (Å²) >= 11 is 0. The molecule has 0 bridgehead atoms. The van der Waals surface area contributed by atoms with E-state index in [-0.39, 0.29) is 11.1 Å². The van der Waals surface area contributed by atoms with Crippen LogP contribution in [0.4, 0.5) is 0 Å². The average Bonchev–Trinajstić information content (AvgIpc) is 2.28. The molecule has 1 aromatic rings. The molecule has 4 heteroatoms. The largest absolute Gasteiger partial charge is 0.478 e. The van der Waals surface area contributed by atoms with Crippen LogP contribution < -0.4 is 0 Å². The van der Waals surface area contributed by atoms with Gasteiger partial charge in [-0.25, -0.2) is 9.59 Å². The molecule has 0 aromatic heterocycles. The quantitative estimate of drug-likeness (QED) is 0.801. The van der Waals surface area contributed by atoms with Crippen molar-refractivity contribution in [3.05, 3.63) is 47.5 Å². The van der Waals surface area contributed by atoms with Gasteiger partial charge in [0.05, 0.1) is 11.1 Å². The van der Waals surface area contributed by atoms with Gasteiger partial charge in [-0.3, -0.25) is 0 Å². The SMILES string of the molecule is C=C(C(=O)O)c1ccc(C(C(=O)O)=C(C)C)cc1. The number of aliphatic carboxylic acids is 2. The Balaban J connectivity index is 3.18. The molecule has 1 aromatic carbocycles. The van der Waals surface area contributed by atoms with E-state index in [0.29, 0.717) is 16.7 Å². The van der Waals surface area contributed by atoms with Gasteiger partial charge in [0, 0.05) is 0 Å². The van der Waals surface area contributed by atoms with E-state index in [9.17, 15) is 9.59 Å². The Bertz CT molecular complexity index is 531. The standard InChI is InChI=1S/C14H14O4/c1-8(2)12(14(17)18)11-6-4-10(5-7-11)9(3)13(15)16/h4-7H,3H2,1-2H3,(H,15,16)(H,17,18). The van der Waals surface area contributed by atoms with Crippen LogP contribution >= 0.6 is 0 Å². The number of carboxylic acid groups (broad SMARTS) is 2. The first-order valence-corrected chi connectivity index (χ1v) is 5.28. The third-order valence-corrected chi connectivity index (χ3v) is 2.49. The maximum Gasteiger partial charge on any atom is 0.336 e. The highest BCUT2D eigenvalue weighted by atomic mass is 16.4. The van der Waals surface area contributed by atoms with E-state index < -0.39 is 11.9 Å². The van der Waals surface area contributed by atoms with Crippen LogP contribution in [0.3, 0.4) is 0 Å². The summed E-state index contributed by atoms with van der Waals surface area (Å²) in [6.45, 7) is 6.87. The van der Waals surface area contributed by atoms with Gasteiger partial charge in [-0.2, -0.15) is 0 Å². The minimum Gasteiger partial charge on any atom is -0.478 e. The van der Waals surface area contributed by atoms with Crippen molar-refractivity contribution in [1.82, 2.24) is 0 Å². The smallest absolute Gasteiger partial charge is 0.336 e. The summed E-state index contributed by atoms with van der Waals surface area (Å²) in [7, 11) is 0. The third kappa shape index (κ3) is 2.85. The Hall–Kier alpha value is -2.36. The van der Waals surface area contributed by atoms with Gasteiger partial charge in [-0.15, -0.1) is 0 Å². The van der Waals surface area contributed by atoms with Crippen molar-refractivity contribution in [2.24, 2.45) is 0 Å². The van der Waals surface area contributed by atoms with Gasteiger partial charge in [0.1, 0.15) is 0 Å². The molecule has 0 unspecified atom stereocenters. The number of carbonyl (C=O) groups is 2. The lowest BCUT2D eigenvalue weighted by atomic mass is 9.98. The highest BCUT2D eigenvalue weighted by molar-refractivity contribution is 6.17. The van der Waals surface area contributed by atoms with E-state index in [2.05, 4.69) is 6.58 Å². The van der Waals surface area contributed by atoms with E-state index in [1.165, 1.54) is 0 Å². The molecule has 0 aliphatic carbocycles. The molecule has 0 spiro atoms. The number of carboxylic acids is 2. The summed E-state index contributed by atoms with van der Waals surface area (Å²) in [5.41, 5.74) is 1.90. The lowest BCUT2D eigenvalue weighted by molar-refractivity contribution is -0.131. The summed E-state index contributed by atoms with van der Waals surface area (Å²) in [4.78, 5) is 21.8. The molecule has 0 atom stereocenters. The number of hydrogen-bond donors (Lipinski definition) is 2. The molecular weight excluding hydrogens is 232 g/mol. The number of allylic oxidation sites excluding steroid dienone is 1. The fourth-order valence-corrected chi connectivity index (χ4v) is 1.59. The van der Waals surface area contributed by atoms with Gasteiger partial charge in [-0.05, 0) is 25.0 Å². The molecule has 2 N–H and O–H groups in total. The van der Waals surface area contributed by atoms with Gasteiger partial charge in [-0.1, -0.05) is 36.4 Å². The molecule has 0 heterocycles. The van der Waals surface area contributed by atoms with Gasteiger partial charge in [0.25, 0.3) is 0 Å². The lowest BCUT2D eigenvalue weighted by Gasteiger charge is -2.07. The summed E-state index contributed by atoms with van der Waals surface area (Å²) < 4.78 is 0. The Labute approximate surface area is 105 Å². The van der Waals surface area contributed by atoms with Crippen molar-refractivity contribution >= 4 is 23.1 Å². The molecular formula is C14H14O4. The third-order valence-electron chi connectivity index (χ3n) is 2.49. The van der Waals surface area contributed by atoms with Crippen molar-refractivity contribution in [2.75, 3.05) is 0 Å². The second kappa shape index (κ2) is 5.31. The Morgan fingerprint density at radius 2 is 1.39 bits per heavy atom. The Kier molecular flexibility index (Phi) is 4.05. The Morgan fingerprint density at radius 3 is 1.72 bits per heavy atom. The van der Waals surface area contributed by atoms with Crippen LogP contribution in [0.5, 0.6) is 0 Å². The summed E-state index contributed by atoms with van der Waals surface area (Å²) in [6.07, 6.45) is 0. The molecule has 0 aliphatic rings. The highest BCUT2D eigenvalue weighted by Crippen LogP contribution is 2.21. The Morgan fingerprint density at radius 1 is 0.944 bits per heavy atom. The first-order chi connectivity index (χ1) is 8.34. The van der Waals surface area contributed by atoms with Crippen molar-refractivity contribution < 1.29 is 19.8 Å². The fourth-order valence-electron chi connectivity index (χ4n) is 1.59. The first-order valence-electron chi connectivity index (χ1n) is 5.28. The zero-order chi connectivity index (χ0) is 13.9. The summed E-state index contributed by atoms with van der Waals surface area (Å²) in [5, 5.41) is 17.9. The lowest BCUT2D eigenvalue weighted by Crippen LogP contribution is -2.02. The van der Waals surface area contributed by atoms with E-state index in [4.69, 9.17) is 10.2 Å². The van der Waals surface area contributed by atoms with Gasteiger partial charge in [0.15, 0.2) is 0 Å². The molecule has 0 amide bonds. The van der Waals surface area contributed by atoms with Crippen LogP contribution in [0.25, 0.3) is 11.1 Å². The van der Waals surface area contributed by atoms with Crippen LogP contribution in [0, 0.1) is 0 Å². The van der Waals surface area contributed by atoms with Crippen molar-refractivity contribution in [3.8, 4) is 0 Å². The summed E-state index contributed by atoms with van der Waals surface area (Å²) in [5.74, 6) is -2.09. The normalized spacial score (nSPS) is 9.67. The van der Waals surface area contributed by atoms with E-state index >= 15 is 0 Å². The zero-order valence-corrected chi connectivity index (χ0v) is 10.2. The van der Waals surface area contributed by atoms with Crippen LogP contribution in [0.2, 0.25) is 0 Å². The molecule has 0 saturated carbocycles. The summed E-state index contributed by atoms with van der Waals surface area (Å²) in [6, 6.07) is 6.27. The van der Waals surface area contributed by atoms with E-state index in [1.807, 2.05) is 0 Å². The number of benzene rings is 1. The molecule has 0 fully saturated rings. The zero-order valence-electron chi connectivity index (χ0n) is 10.2. The molecule has 94 valence electrons. The van der Waals surface area contributed by atoms with Gasteiger partial charge < -0.3 is 10.2 Å². The van der Waals surface area contributed by atoms with Crippen molar-refractivity contribution in [1.29, 1.82) is 0 Å². The average molecular weight is 246 g/mol. The predicted molar refractivity (Wildman–Crippen MR) is 69.0 cm³/mol. The highest BCUT2D eigenvalue weighted by Gasteiger charge is 2.13. The molecule has 4 nitrogen and oxygen atoms in total. The molecule has 0 aliphatic heterocycles. The van der Waals surface area contributed by atoms with E-state index in [0.717, 1.165) is 0 Å². The van der Waals surface area contributed by atoms with Crippen molar-refractivity contribution in [2.45, 2.75) is 13.8 Å². The maximum absolute atomic E-state index is 11.1. The molecule has 0 saturated heterocycles. The topological polar surface area (TPSA) is 74.6 Å². The second-order valence-electron chi connectivity index (χ2n) is 4.04. The maximum atomic E-state index is 11.1. The predicted octanol–water partition coefficient (Wildman–Crippen LogP) is 2.66. The van der Waals surface area contributed by atoms with Crippen LogP contribution in [-0.2, 0) is 9.59 Å². The molecule has 1 rings (SSSR count). The van der Waals surface area contributed by atoms with Crippen LogP contribution in [-0.4, -0.2) is 22.2 Å².